The van der Waals surface area contributed by atoms with E-state index in [9.17, 15) is 9.59 Å². The predicted molar refractivity (Wildman–Crippen MR) is 119 cm³/mol. The van der Waals surface area contributed by atoms with Crippen LogP contribution in [0.4, 0.5) is 0 Å². The molecule has 0 N–H and O–H groups in total. The fraction of sp³-hybridized carbons (Fsp3) is 0.231. The summed E-state index contributed by atoms with van der Waals surface area (Å²) in [5.74, 6) is 0.101. The van der Waals surface area contributed by atoms with E-state index in [1.165, 1.54) is 12.7 Å². The van der Waals surface area contributed by atoms with Crippen molar-refractivity contribution in [2.45, 2.75) is 26.4 Å². The highest BCUT2D eigenvalue weighted by molar-refractivity contribution is 5.99. The maximum atomic E-state index is 12.4. The molecule has 0 aliphatic carbocycles. The Morgan fingerprint density at radius 3 is 2.19 bits per heavy atom. The van der Waals surface area contributed by atoms with Gasteiger partial charge in [0.05, 0.1) is 12.7 Å². The number of methoxy groups -OCH3 is 1. The molecule has 0 atom stereocenters. The quantitative estimate of drug-likeness (QED) is 0.332. The van der Waals surface area contributed by atoms with E-state index in [1.54, 1.807) is 30.3 Å². The summed E-state index contributed by atoms with van der Waals surface area (Å²) in [5.41, 5.74) is 3.01. The minimum atomic E-state index is -0.594. The Labute approximate surface area is 182 Å². The molecule has 0 bridgehead atoms. The molecule has 0 aliphatic heterocycles. The SMILES string of the molecule is CCCc1ccc(C(=O)COC(=O)c2ccc(OCc3ccccc3)c(OC)c2)cc1. The highest BCUT2D eigenvalue weighted by Gasteiger charge is 2.15. The van der Waals surface area contributed by atoms with Gasteiger partial charge < -0.3 is 14.2 Å². The van der Waals surface area contributed by atoms with Crippen LogP contribution in [0.15, 0.2) is 72.8 Å². The van der Waals surface area contributed by atoms with Gasteiger partial charge >= 0.3 is 5.97 Å². The van der Waals surface area contributed by atoms with E-state index in [0.29, 0.717) is 23.7 Å². The molecule has 0 aromatic heterocycles. The number of esters is 1. The number of rotatable bonds is 10. The molecule has 0 unspecified atom stereocenters. The van der Waals surface area contributed by atoms with Crippen LogP contribution in [0, 0.1) is 0 Å². The molecule has 0 aliphatic rings. The number of aryl methyl sites for hydroxylation is 1. The third-order valence-electron chi connectivity index (χ3n) is 4.79. The molecule has 3 aromatic carbocycles. The second kappa shape index (κ2) is 11.0. The number of carbonyl (C=O) groups is 2. The average Bonchev–Trinajstić information content (AvgIpc) is 2.82. The fourth-order valence-corrected chi connectivity index (χ4v) is 3.09. The van der Waals surface area contributed by atoms with Gasteiger partial charge in [-0.1, -0.05) is 67.9 Å². The van der Waals surface area contributed by atoms with Gasteiger partial charge in [-0.3, -0.25) is 4.79 Å². The molecule has 31 heavy (non-hydrogen) atoms. The molecule has 0 spiro atoms. The van der Waals surface area contributed by atoms with Gasteiger partial charge in [0.15, 0.2) is 23.9 Å². The number of ketones is 1. The zero-order chi connectivity index (χ0) is 22.1. The van der Waals surface area contributed by atoms with Gasteiger partial charge in [-0.05, 0) is 35.7 Å². The monoisotopic (exact) mass is 418 g/mol. The van der Waals surface area contributed by atoms with Crippen LogP contribution >= 0.6 is 0 Å². The van der Waals surface area contributed by atoms with Crippen LogP contribution in [0.2, 0.25) is 0 Å². The summed E-state index contributed by atoms with van der Waals surface area (Å²) in [4.78, 5) is 24.7. The van der Waals surface area contributed by atoms with Gasteiger partial charge in [0, 0.05) is 5.56 Å². The number of Topliss-reactive ketones (excluding diaryl/α,β-unsaturated/α-hetero) is 1. The van der Waals surface area contributed by atoms with E-state index in [2.05, 4.69) is 6.92 Å². The Kier molecular flexibility index (Phi) is 7.82. The summed E-state index contributed by atoms with van der Waals surface area (Å²) in [6.45, 7) is 2.17. The van der Waals surface area contributed by atoms with E-state index in [1.807, 2.05) is 42.5 Å². The Morgan fingerprint density at radius 2 is 1.52 bits per heavy atom. The Bertz CT molecular complexity index is 1010. The van der Waals surface area contributed by atoms with Crippen molar-refractivity contribution < 1.29 is 23.8 Å². The van der Waals surface area contributed by atoms with Crippen molar-refractivity contribution >= 4 is 11.8 Å². The molecule has 0 amide bonds. The summed E-state index contributed by atoms with van der Waals surface area (Å²) in [6.07, 6.45) is 2.01. The maximum Gasteiger partial charge on any atom is 0.338 e. The van der Waals surface area contributed by atoms with Crippen LogP contribution in [0.1, 0.15) is 45.2 Å². The molecule has 0 saturated carbocycles. The van der Waals surface area contributed by atoms with Crippen molar-refractivity contribution in [3.8, 4) is 11.5 Å². The highest BCUT2D eigenvalue weighted by Crippen LogP contribution is 2.29. The average molecular weight is 418 g/mol. The van der Waals surface area contributed by atoms with Gasteiger partial charge in [-0.25, -0.2) is 4.79 Å². The first kappa shape index (κ1) is 22.1. The molecule has 0 radical (unpaired) electrons. The van der Waals surface area contributed by atoms with Crippen molar-refractivity contribution in [2.75, 3.05) is 13.7 Å². The molecule has 0 heterocycles. The van der Waals surface area contributed by atoms with Crippen LogP contribution in [0.25, 0.3) is 0 Å². The summed E-state index contributed by atoms with van der Waals surface area (Å²) < 4.78 is 16.4. The maximum absolute atomic E-state index is 12.4. The standard InChI is InChI=1S/C26H26O5/c1-3-7-19-10-12-21(13-11-19)23(27)18-31-26(28)22-14-15-24(25(16-22)29-2)30-17-20-8-5-4-6-9-20/h4-6,8-16H,3,7,17-18H2,1-2H3. The van der Waals surface area contributed by atoms with Crippen molar-refractivity contribution in [3.05, 3.63) is 95.1 Å². The van der Waals surface area contributed by atoms with Crippen molar-refractivity contribution in [2.24, 2.45) is 0 Å². The van der Waals surface area contributed by atoms with Crippen LogP contribution in [-0.2, 0) is 17.8 Å². The van der Waals surface area contributed by atoms with Crippen LogP contribution in [-0.4, -0.2) is 25.5 Å². The number of ether oxygens (including phenoxy) is 3. The second-order valence-electron chi connectivity index (χ2n) is 7.09. The number of carbonyl (C=O) groups excluding carboxylic acids is 2. The third kappa shape index (κ3) is 6.19. The van der Waals surface area contributed by atoms with Gasteiger partial charge in [-0.15, -0.1) is 0 Å². The van der Waals surface area contributed by atoms with Gasteiger partial charge in [0.25, 0.3) is 0 Å². The van der Waals surface area contributed by atoms with Crippen LogP contribution in [0.5, 0.6) is 11.5 Å². The Balaban J connectivity index is 1.58. The summed E-state index contributed by atoms with van der Waals surface area (Å²) in [5, 5.41) is 0. The second-order valence-corrected chi connectivity index (χ2v) is 7.09. The molecule has 3 rings (SSSR count). The van der Waals surface area contributed by atoms with Gasteiger partial charge in [-0.2, -0.15) is 0 Å². The zero-order valence-corrected chi connectivity index (χ0v) is 17.8. The van der Waals surface area contributed by atoms with E-state index < -0.39 is 5.97 Å². The zero-order valence-electron chi connectivity index (χ0n) is 17.8. The molecular formula is C26H26O5. The lowest BCUT2D eigenvalue weighted by atomic mass is 10.1. The van der Waals surface area contributed by atoms with E-state index in [-0.39, 0.29) is 18.0 Å². The van der Waals surface area contributed by atoms with Crippen molar-refractivity contribution in [1.29, 1.82) is 0 Å². The molecular weight excluding hydrogens is 392 g/mol. The van der Waals surface area contributed by atoms with E-state index in [0.717, 1.165) is 18.4 Å². The molecule has 5 nitrogen and oxygen atoms in total. The van der Waals surface area contributed by atoms with Crippen LogP contribution < -0.4 is 9.47 Å². The van der Waals surface area contributed by atoms with Gasteiger partial charge in [0.1, 0.15) is 6.61 Å². The van der Waals surface area contributed by atoms with E-state index in [4.69, 9.17) is 14.2 Å². The Morgan fingerprint density at radius 1 is 0.806 bits per heavy atom. The molecule has 3 aromatic rings. The smallest absolute Gasteiger partial charge is 0.338 e. The lowest BCUT2D eigenvalue weighted by Gasteiger charge is -2.12. The van der Waals surface area contributed by atoms with Gasteiger partial charge in [0.2, 0.25) is 0 Å². The third-order valence-corrected chi connectivity index (χ3v) is 4.79. The van der Waals surface area contributed by atoms with E-state index >= 15 is 0 Å². The number of hydrogen-bond donors (Lipinski definition) is 0. The van der Waals surface area contributed by atoms with Crippen molar-refractivity contribution in [3.63, 3.8) is 0 Å². The summed E-state index contributed by atoms with van der Waals surface area (Å²) >= 11 is 0. The normalized spacial score (nSPS) is 10.4. The largest absolute Gasteiger partial charge is 0.493 e. The highest BCUT2D eigenvalue weighted by atomic mass is 16.5. The minimum absolute atomic E-state index is 0.244. The fourth-order valence-electron chi connectivity index (χ4n) is 3.09. The topological polar surface area (TPSA) is 61.8 Å². The Hall–Kier alpha value is -3.60. The molecule has 5 heteroatoms. The van der Waals surface area contributed by atoms with Crippen LogP contribution in [0.3, 0.4) is 0 Å². The molecule has 160 valence electrons. The summed E-state index contributed by atoms with van der Waals surface area (Å²) in [6, 6.07) is 21.9. The lowest BCUT2D eigenvalue weighted by Crippen LogP contribution is -2.14. The molecule has 0 fully saturated rings. The number of hydrogen-bond acceptors (Lipinski definition) is 5. The minimum Gasteiger partial charge on any atom is -0.493 e. The first-order chi connectivity index (χ1) is 15.1. The first-order valence-corrected chi connectivity index (χ1v) is 10.2. The predicted octanol–water partition coefficient (Wildman–Crippen LogP) is 5.27. The first-order valence-electron chi connectivity index (χ1n) is 10.2. The number of benzene rings is 3. The van der Waals surface area contributed by atoms with Crippen molar-refractivity contribution in [1.82, 2.24) is 0 Å². The molecule has 0 saturated heterocycles. The lowest BCUT2D eigenvalue weighted by molar-refractivity contribution is 0.0474. The summed E-state index contributed by atoms with van der Waals surface area (Å²) in [7, 11) is 1.51.